The number of rotatable bonds is 4. The molecule has 0 radical (unpaired) electrons. The summed E-state index contributed by atoms with van der Waals surface area (Å²) in [6, 6.07) is 5.45. The molecule has 0 saturated carbocycles. The van der Waals surface area contributed by atoms with Gasteiger partial charge in [0.15, 0.2) is 0 Å². The summed E-state index contributed by atoms with van der Waals surface area (Å²) in [6.07, 6.45) is 1.24. The number of halogens is 1. The van der Waals surface area contributed by atoms with Gasteiger partial charge >= 0.3 is 0 Å². The van der Waals surface area contributed by atoms with E-state index >= 15 is 0 Å². The summed E-state index contributed by atoms with van der Waals surface area (Å²) in [5, 5.41) is 3.01. The number of piperazine rings is 1. The number of aliphatic imine (C=N–C) groups is 1. The van der Waals surface area contributed by atoms with Crippen LogP contribution in [-0.2, 0) is 16.6 Å². The van der Waals surface area contributed by atoms with Gasteiger partial charge in [0.2, 0.25) is 10.0 Å². The van der Waals surface area contributed by atoms with Gasteiger partial charge in [-0.25, -0.2) is 8.42 Å². The van der Waals surface area contributed by atoms with E-state index in [1.54, 1.807) is 12.1 Å². The molecule has 5 nitrogen and oxygen atoms in total. The highest BCUT2D eigenvalue weighted by atomic mass is 35.5. The fraction of sp³-hybridized carbons (Fsp3) is 0.462. The highest BCUT2D eigenvalue weighted by Crippen LogP contribution is 2.24. The highest BCUT2D eigenvalue weighted by Gasteiger charge is 2.23. The van der Waals surface area contributed by atoms with Crippen molar-refractivity contribution in [3.63, 3.8) is 0 Å². The Morgan fingerprint density at radius 1 is 1.33 bits per heavy atom. The lowest BCUT2D eigenvalue weighted by atomic mass is 10.1. The third-order valence-electron chi connectivity index (χ3n) is 3.40. The fourth-order valence-electron chi connectivity index (χ4n) is 2.26. The van der Waals surface area contributed by atoms with Crippen molar-refractivity contribution in [3.8, 4) is 0 Å². The van der Waals surface area contributed by atoms with Crippen LogP contribution in [-0.4, -0.2) is 55.2 Å². The highest BCUT2D eigenvalue weighted by molar-refractivity contribution is 7.88. The summed E-state index contributed by atoms with van der Waals surface area (Å²) >= 11 is 10.8. The van der Waals surface area contributed by atoms with Gasteiger partial charge in [-0.3, -0.25) is 4.90 Å². The summed E-state index contributed by atoms with van der Waals surface area (Å²) in [7, 11) is -3.10. The largest absolute Gasteiger partial charge is 0.296 e. The maximum absolute atomic E-state index is 11.5. The second-order valence-corrected chi connectivity index (χ2v) is 7.49. The minimum Gasteiger partial charge on any atom is -0.296 e. The molecule has 0 amide bonds. The van der Waals surface area contributed by atoms with Crippen molar-refractivity contribution in [3.05, 3.63) is 28.8 Å². The third-order valence-corrected chi connectivity index (χ3v) is 5.16. The second kappa shape index (κ2) is 6.96. The van der Waals surface area contributed by atoms with Crippen LogP contribution >= 0.6 is 23.8 Å². The molecule has 1 saturated heterocycles. The molecule has 2 rings (SSSR count). The number of hydrogen-bond acceptors (Lipinski definition) is 5. The van der Waals surface area contributed by atoms with Crippen molar-refractivity contribution >= 4 is 44.7 Å². The lowest BCUT2D eigenvalue weighted by Gasteiger charge is -2.33. The van der Waals surface area contributed by atoms with E-state index in [0.29, 0.717) is 37.7 Å². The van der Waals surface area contributed by atoms with Crippen LogP contribution in [0.2, 0.25) is 5.02 Å². The van der Waals surface area contributed by atoms with Crippen molar-refractivity contribution < 1.29 is 8.42 Å². The molecule has 0 unspecified atom stereocenters. The van der Waals surface area contributed by atoms with Crippen molar-refractivity contribution in [1.29, 1.82) is 0 Å². The van der Waals surface area contributed by atoms with Gasteiger partial charge in [-0.2, -0.15) is 9.30 Å². The Morgan fingerprint density at radius 2 is 2.00 bits per heavy atom. The summed E-state index contributed by atoms with van der Waals surface area (Å²) in [5.74, 6) is 0. The van der Waals surface area contributed by atoms with Gasteiger partial charge in [0.25, 0.3) is 0 Å². The molecule has 0 aliphatic carbocycles. The van der Waals surface area contributed by atoms with Gasteiger partial charge in [0, 0.05) is 37.7 Å². The van der Waals surface area contributed by atoms with Gasteiger partial charge < -0.3 is 0 Å². The smallest absolute Gasteiger partial charge is 0.211 e. The average molecular weight is 346 g/mol. The van der Waals surface area contributed by atoms with Crippen LogP contribution in [0.25, 0.3) is 0 Å². The van der Waals surface area contributed by atoms with E-state index in [0.717, 1.165) is 11.3 Å². The number of benzene rings is 1. The van der Waals surface area contributed by atoms with E-state index < -0.39 is 10.0 Å². The maximum Gasteiger partial charge on any atom is 0.211 e. The molecule has 1 aliphatic rings. The van der Waals surface area contributed by atoms with Gasteiger partial charge in [-0.15, -0.1) is 0 Å². The minimum absolute atomic E-state index is 0.508. The van der Waals surface area contributed by atoms with E-state index in [1.165, 1.54) is 10.6 Å². The number of sulfonamides is 1. The van der Waals surface area contributed by atoms with E-state index in [9.17, 15) is 8.42 Å². The zero-order valence-corrected chi connectivity index (χ0v) is 14.0. The van der Waals surface area contributed by atoms with Crippen LogP contribution in [0.15, 0.2) is 23.2 Å². The monoisotopic (exact) mass is 345 g/mol. The molecule has 1 aliphatic heterocycles. The Bertz CT molecular complexity index is 664. The molecule has 0 spiro atoms. The molecular weight excluding hydrogens is 330 g/mol. The second-order valence-electron chi connectivity index (χ2n) is 4.92. The van der Waals surface area contributed by atoms with Crippen molar-refractivity contribution in [2.45, 2.75) is 6.54 Å². The molecule has 1 aromatic carbocycles. The Hall–Kier alpha value is -0.820. The zero-order valence-electron chi connectivity index (χ0n) is 11.6. The standard InChI is InChI=1S/C13H16ClN3O2S2/c1-21(18,19)17-6-4-16(5-7-17)9-11-8-12(15-10-20)2-3-13(11)14/h2-3,8H,4-7,9H2,1H3. The Balaban J connectivity index is 2.03. The van der Waals surface area contributed by atoms with E-state index in [-0.39, 0.29) is 0 Å². The van der Waals surface area contributed by atoms with Crippen molar-refractivity contribution in [2.24, 2.45) is 4.99 Å². The average Bonchev–Trinajstić information content (AvgIpc) is 2.42. The number of thiocarbonyl (C=S) groups is 1. The molecule has 0 atom stereocenters. The molecule has 8 heteroatoms. The van der Waals surface area contributed by atoms with Gasteiger partial charge in [-0.05, 0) is 36.0 Å². The molecule has 1 fully saturated rings. The summed E-state index contributed by atoms with van der Waals surface area (Å²) in [5.41, 5.74) is 1.68. The molecule has 0 N–H and O–H groups in total. The van der Waals surface area contributed by atoms with E-state index in [4.69, 9.17) is 11.6 Å². The zero-order chi connectivity index (χ0) is 15.5. The molecule has 0 bridgehead atoms. The first kappa shape index (κ1) is 16.5. The third kappa shape index (κ3) is 4.57. The Kier molecular flexibility index (Phi) is 5.48. The van der Waals surface area contributed by atoms with Crippen LogP contribution in [0.1, 0.15) is 5.56 Å². The first-order valence-corrected chi connectivity index (χ1v) is 9.07. The lowest BCUT2D eigenvalue weighted by molar-refractivity contribution is 0.182. The van der Waals surface area contributed by atoms with Crippen LogP contribution < -0.4 is 0 Å². The normalized spacial score (nSPS) is 17.4. The first-order chi connectivity index (χ1) is 9.90. The minimum atomic E-state index is -3.10. The maximum atomic E-state index is 11.5. The molecule has 0 aromatic heterocycles. The Morgan fingerprint density at radius 3 is 2.57 bits per heavy atom. The number of nitrogens with zero attached hydrogens (tertiary/aromatic N) is 3. The predicted molar refractivity (Wildman–Crippen MR) is 87.8 cm³/mol. The molecular formula is C13H16ClN3O2S2. The molecule has 21 heavy (non-hydrogen) atoms. The van der Waals surface area contributed by atoms with Crippen LogP contribution in [0.4, 0.5) is 5.69 Å². The van der Waals surface area contributed by atoms with Crippen molar-refractivity contribution in [1.82, 2.24) is 9.21 Å². The van der Waals surface area contributed by atoms with Crippen molar-refractivity contribution in [2.75, 3.05) is 32.4 Å². The number of hydrogen-bond donors (Lipinski definition) is 0. The first-order valence-electron chi connectivity index (χ1n) is 6.44. The number of isothiocyanates is 1. The molecule has 1 heterocycles. The lowest BCUT2D eigenvalue weighted by Crippen LogP contribution is -2.47. The topological polar surface area (TPSA) is 53.0 Å². The summed E-state index contributed by atoms with van der Waals surface area (Å²) < 4.78 is 24.5. The molecule has 114 valence electrons. The molecule has 1 aromatic rings. The van der Waals surface area contributed by atoms with Crippen LogP contribution in [0.3, 0.4) is 0 Å². The summed E-state index contributed by atoms with van der Waals surface area (Å²) in [4.78, 5) is 6.12. The van der Waals surface area contributed by atoms with E-state index in [2.05, 4.69) is 27.3 Å². The SMILES string of the molecule is CS(=O)(=O)N1CCN(Cc2cc(N=C=S)ccc2Cl)CC1. The summed E-state index contributed by atoms with van der Waals surface area (Å²) in [6.45, 7) is 3.05. The van der Waals surface area contributed by atoms with Gasteiger partial charge in [0.1, 0.15) is 0 Å². The quantitative estimate of drug-likeness (QED) is 0.620. The predicted octanol–water partition coefficient (Wildman–Crippen LogP) is 2.15. The fourth-order valence-corrected chi connectivity index (χ4v) is 3.37. The Labute approximate surface area is 135 Å². The van der Waals surface area contributed by atoms with Gasteiger partial charge in [0.05, 0.1) is 17.1 Å². The van der Waals surface area contributed by atoms with Crippen LogP contribution in [0.5, 0.6) is 0 Å². The van der Waals surface area contributed by atoms with Crippen LogP contribution in [0, 0.1) is 0 Å². The van der Waals surface area contributed by atoms with E-state index in [1.807, 2.05) is 6.07 Å². The van der Waals surface area contributed by atoms with Gasteiger partial charge in [-0.1, -0.05) is 11.6 Å².